The van der Waals surface area contributed by atoms with E-state index < -0.39 is 8.32 Å². The predicted octanol–water partition coefficient (Wildman–Crippen LogP) is 7.16. The second-order valence-electron chi connectivity index (χ2n) is 10.4. The number of carbonyl (C=O) groups is 1. The lowest BCUT2D eigenvalue weighted by molar-refractivity contribution is 0.0816. The molecule has 0 aliphatic heterocycles. The Morgan fingerprint density at radius 3 is 1.89 bits per heavy atom. The third kappa shape index (κ3) is 5.57. The first-order valence-electron chi connectivity index (χ1n) is 10.2. The van der Waals surface area contributed by atoms with E-state index in [0.29, 0.717) is 0 Å². The third-order valence-corrected chi connectivity index (χ3v) is 10.3. The van der Waals surface area contributed by atoms with Gasteiger partial charge in [0.25, 0.3) is 0 Å². The van der Waals surface area contributed by atoms with Crippen LogP contribution >= 0.6 is 0 Å². The van der Waals surface area contributed by atoms with E-state index in [1.54, 1.807) is 0 Å². The molecule has 28 heavy (non-hydrogen) atoms. The van der Waals surface area contributed by atoms with Gasteiger partial charge in [-0.05, 0) is 59.8 Å². The normalized spacial score (nSPS) is 13.9. The lowest BCUT2D eigenvalue weighted by Gasteiger charge is -2.36. The highest BCUT2D eigenvalue weighted by Gasteiger charge is 2.39. The van der Waals surface area contributed by atoms with Gasteiger partial charge in [0.2, 0.25) is 8.32 Å². The van der Waals surface area contributed by atoms with E-state index in [2.05, 4.69) is 66.8 Å². The minimum Gasteiger partial charge on any atom is -0.544 e. The summed E-state index contributed by atoms with van der Waals surface area (Å²) in [4.78, 5) is 13.3. The summed E-state index contributed by atoms with van der Waals surface area (Å²) >= 11 is 0. The summed E-state index contributed by atoms with van der Waals surface area (Å²) in [5, 5.41) is 0.147. The molecule has 2 aromatic carbocycles. The van der Waals surface area contributed by atoms with Gasteiger partial charge in [-0.25, -0.2) is 0 Å². The predicted molar refractivity (Wildman–Crippen MR) is 122 cm³/mol. The van der Waals surface area contributed by atoms with Crippen molar-refractivity contribution in [2.24, 2.45) is 11.3 Å². The van der Waals surface area contributed by atoms with Crippen LogP contribution in [0.4, 0.5) is 0 Å². The Bertz CT molecular complexity index is 778. The lowest BCUT2D eigenvalue weighted by Crippen LogP contribution is -2.43. The zero-order chi connectivity index (χ0) is 21.2. The SMILES string of the molecule is CC(C)(C)C(Cc1ccccc1)C(=O)c1ccc(O[Si](C)(C)C(C)(C)C)cc1. The van der Waals surface area contributed by atoms with Gasteiger partial charge in [0.15, 0.2) is 5.78 Å². The van der Waals surface area contributed by atoms with Crippen molar-refractivity contribution in [3.8, 4) is 5.75 Å². The van der Waals surface area contributed by atoms with Crippen LogP contribution in [-0.2, 0) is 6.42 Å². The Kier molecular flexibility index (Phi) is 6.60. The van der Waals surface area contributed by atoms with E-state index >= 15 is 0 Å². The molecule has 1 unspecified atom stereocenters. The molecule has 2 nitrogen and oxygen atoms in total. The van der Waals surface area contributed by atoms with Crippen molar-refractivity contribution in [2.45, 2.75) is 66.1 Å². The quantitative estimate of drug-likeness (QED) is 0.382. The maximum atomic E-state index is 13.3. The minimum absolute atomic E-state index is 0.0675. The number of hydrogen-bond acceptors (Lipinski definition) is 2. The summed E-state index contributed by atoms with van der Waals surface area (Å²) in [5.74, 6) is 0.996. The number of benzene rings is 2. The molecule has 2 rings (SSSR count). The van der Waals surface area contributed by atoms with Crippen molar-refractivity contribution in [3.63, 3.8) is 0 Å². The second kappa shape index (κ2) is 8.24. The second-order valence-corrected chi connectivity index (χ2v) is 15.1. The van der Waals surface area contributed by atoms with Crippen molar-refractivity contribution in [1.82, 2.24) is 0 Å². The van der Waals surface area contributed by atoms with Crippen LogP contribution in [0.25, 0.3) is 0 Å². The average molecular weight is 397 g/mol. The molecule has 0 heterocycles. The van der Waals surface area contributed by atoms with E-state index in [0.717, 1.165) is 17.7 Å². The van der Waals surface area contributed by atoms with E-state index in [1.807, 2.05) is 42.5 Å². The maximum absolute atomic E-state index is 13.3. The Balaban J connectivity index is 2.21. The lowest BCUT2D eigenvalue weighted by atomic mass is 9.73. The molecule has 0 bridgehead atoms. The maximum Gasteiger partial charge on any atom is 0.250 e. The Morgan fingerprint density at radius 2 is 1.43 bits per heavy atom. The first-order valence-corrected chi connectivity index (χ1v) is 13.1. The fraction of sp³-hybridized carbons (Fsp3) is 0.480. The number of rotatable bonds is 6. The fourth-order valence-electron chi connectivity index (χ4n) is 2.98. The first kappa shape index (κ1) is 22.4. The fourth-order valence-corrected chi connectivity index (χ4v) is 4.01. The van der Waals surface area contributed by atoms with Crippen LogP contribution in [0.1, 0.15) is 57.5 Å². The van der Waals surface area contributed by atoms with Gasteiger partial charge in [0.1, 0.15) is 5.75 Å². The van der Waals surface area contributed by atoms with Crippen LogP contribution in [0.3, 0.4) is 0 Å². The smallest absolute Gasteiger partial charge is 0.250 e. The van der Waals surface area contributed by atoms with Gasteiger partial charge < -0.3 is 4.43 Å². The highest BCUT2D eigenvalue weighted by Crippen LogP contribution is 2.38. The van der Waals surface area contributed by atoms with Gasteiger partial charge in [-0.1, -0.05) is 71.9 Å². The largest absolute Gasteiger partial charge is 0.544 e. The molecule has 0 aliphatic rings. The number of carbonyl (C=O) groups excluding carboxylic acids is 1. The molecule has 0 saturated carbocycles. The molecule has 3 heteroatoms. The van der Waals surface area contributed by atoms with Gasteiger partial charge in [0.05, 0.1) is 0 Å². The molecule has 2 aromatic rings. The number of ketones is 1. The monoisotopic (exact) mass is 396 g/mol. The summed E-state index contributed by atoms with van der Waals surface area (Å²) in [6.45, 7) is 17.6. The van der Waals surface area contributed by atoms with Gasteiger partial charge >= 0.3 is 0 Å². The van der Waals surface area contributed by atoms with Crippen LogP contribution < -0.4 is 4.43 Å². The molecular weight excluding hydrogens is 360 g/mol. The molecular formula is C25H36O2Si. The zero-order valence-electron chi connectivity index (χ0n) is 18.8. The van der Waals surface area contributed by atoms with Crippen molar-refractivity contribution in [1.29, 1.82) is 0 Å². The van der Waals surface area contributed by atoms with Crippen LogP contribution in [0.15, 0.2) is 54.6 Å². The van der Waals surface area contributed by atoms with Crippen molar-refractivity contribution >= 4 is 14.1 Å². The van der Waals surface area contributed by atoms with Crippen molar-refractivity contribution < 1.29 is 9.22 Å². The molecule has 152 valence electrons. The van der Waals surface area contributed by atoms with E-state index in [-0.39, 0.29) is 22.2 Å². The molecule has 0 N–H and O–H groups in total. The molecule has 0 radical (unpaired) electrons. The molecule has 0 aromatic heterocycles. The molecule has 0 aliphatic carbocycles. The van der Waals surface area contributed by atoms with Crippen LogP contribution in [0.5, 0.6) is 5.75 Å². The van der Waals surface area contributed by atoms with Crippen molar-refractivity contribution in [3.05, 3.63) is 65.7 Å². The summed E-state index contributed by atoms with van der Waals surface area (Å²) in [7, 11) is -1.88. The highest BCUT2D eigenvalue weighted by molar-refractivity contribution is 6.74. The average Bonchev–Trinajstić information content (AvgIpc) is 2.58. The topological polar surface area (TPSA) is 26.3 Å². The molecule has 0 saturated heterocycles. The minimum atomic E-state index is -1.88. The van der Waals surface area contributed by atoms with E-state index in [9.17, 15) is 4.79 Å². The van der Waals surface area contributed by atoms with Gasteiger partial charge in [-0.3, -0.25) is 4.79 Å². The number of hydrogen-bond donors (Lipinski definition) is 0. The summed E-state index contributed by atoms with van der Waals surface area (Å²) in [6.07, 6.45) is 0.755. The Morgan fingerprint density at radius 1 is 0.893 bits per heavy atom. The Hall–Kier alpha value is -1.87. The van der Waals surface area contributed by atoms with Gasteiger partial charge in [-0.2, -0.15) is 0 Å². The van der Waals surface area contributed by atoms with Crippen molar-refractivity contribution in [2.75, 3.05) is 0 Å². The molecule has 1 atom stereocenters. The highest BCUT2D eigenvalue weighted by atomic mass is 28.4. The van der Waals surface area contributed by atoms with E-state index in [1.165, 1.54) is 5.56 Å². The standard InChI is InChI=1S/C25H36O2Si/c1-24(2,3)22(18-19-12-10-9-11-13-19)23(26)20-14-16-21(17-15-20)27-28(7,8)25(4,5)6/h9-17,22H,18H2,1-8H3. The number of Topliss-reactive ketones (excluding diaryl/α,β-unsaturated/α-hetero) is 1. The zero-order valence-corrected chi connectivity index (χ0v) is 19.8. The van der Waals surface area contributed by atoms with Gasteiger partial charge in [0, 0.05) is 11.5 Å². The Labute approximate surface area is 172 Å². The third-order valence-electron chi connectivity index (χ3n) is 5.96. The van der Waals surface area contributed by atoms with Crippen LogP contribution in [-0.4, -0.2) is 14.1 Å². The summed E-state index contributed by atoms with van der Waals surface area (Å²) in [5.41, 5.74) is 1.86. The first-order chi connectivity index (χ1) is 12.8. The summed E-state index contributed by atoms with van der Waals surface area (Å²) < 4.78 is 6.35. The van der Waals surface area contributed by atoms with E-state index in [4.69, 9.17) is 4.43 Å². The van der Waals surface area contributed by atoms with Gasteiger partial charge in [-0.15, -0.1) is 0 Å². The van der Waals surface area contributed by atoms with Crippen LogP contribution in [0, 0.1) is 11.3 Å². The summed E-state index contributed by atoms with van der Waals surface area (Å²) in [6, 6.07) is 18.0. The molecule has 0 amide bonds. The van der Waals surface area contributed by atoms with Crippen LogP contribution in [0.2, 0.25) is 18.1 Å². The molecule has 0 spiro atoms. The molecule has 0 fully saturated rings.